The molecule has 2 nitrogen and oxygen atoms in total. The highest BCUT2D eigenvalue weighted by molar-refractivity contribution is 4.87. The van der Waals surface area contributed by atoms with Gasteiger partial charge in [0.1, 0.15) is 0 Å². The van der Waals surface area contributed by atoms with E-state index in [1.165, 1.54) is 51.4 Å². The lowest BCUT2D eigenvalue weighted by Gasteiger charge is -2.27. The first-order valence-electron chi connectivity index (χ1n) is 6.68. The second-order valence-corrected chi connectivity index (χ2v) is 5.63. The van der Waals surface area contributed by atoms with Crippen LogP contribution in [0.5, 0.6) is 0 Å². The highest BCUT2D eigenvalue weighted by atomic mass is 15.1. The third kappa shape index (κ3) is 3.18. The molecule has 2 heteroatoms. The summed E-state index contributed by atoms with van der Waals surface area (Å²) >= 11 is 0. The molecule has 0 radical (unpaired) electrons. The molecule has 0 aromatic heterocycles. The van der Waals surface area contributed by atoms with E-state index in [4.69, 9.17) is 0 Å². The van der Waals surface area contributed by atoms with Gasteiger partial charge in [0.15, 0.2) is 0 Å². The van der Waals surface area contributed by atoms with Crippen LogP contribution < -0.4 is 5.32 Å². The maximum absolute atomic E-state index is 3.88. The minimum atomic E-state index is 0.806. The predicted molar refractivity (Wildman–Crippen MR) is 65.1 cm³/mol. The molecular weight excluding hydrogens is 184 g/mol. The van der Waals surface area contributed by atoms with E-state index in [1.807, 2.05) is 0 Å². The van der Waals surface area contributed by atoms with Crippen molar-refractivity contribution in [3.63, 3.8) is 0 Å². The molecule has 2 fully saturated rings. The first kappa shape index (κ1) is 11.4. The smallest absolute Gasteiger partial charge is 0.0105 e. The lowest BCUT2D eigenvalue weighted by Crippen LogP contribution is -2.39. The number of nitrogens with one attached hydrogen (secondary N) is 1. The fraction of sp³-hybridized carbons (Fsp3) is 1.00. The van der Waals surface area contributed by atoms with Crippen molar-refractivity contribution >= 4 is 0 Å². The van der Waals surface area contributed by atoms with Gasteiger partial charge in [-0.15, -0.1) is 0 Å². The Labute approximate surface area is 94.4 Å². The summed E-state index contributed by atoms with van der Waals surface area (Å²) in [5.41, 5.74) is 0. The summed E-state index contributed by atoms with van der Waals surface area (Å²) in [6, 6.07) is 2.47. The quantitative estimate of drug-likeness (QED) is 0.769. The first-order valence-corrected chi connectivity index (χ1v) is 6.68. The van der Waals surface area contributed by atoms with Crippen molar-refractivity contribution in [2.24, 2.45) is 0 Å². The molecule has 0 saturated heterocycles. The third-order valence-electron chi connectivity index (χ3n) is 4.21. The van der Waals surface area contributed by atoms with Gasteiger partial charge in [0.25, 0.3) is 0 Å². The molecule has 0 aromatic carbocycles. The maximum Gasteiger partial charge on any atom is 0.0105 e. The molecule has 2 saturated carbocycles. The average molecular weight is 210 g/mol. The van der Waals surface area contributed by atoms with Gasteiger partial charge in [0.05, 0.1) is 0 Å². The van der Waals surface area contributed by atoms with Crippen LogP contribution in [-0.2, 0) is 0 Å². The number of rotatable bonds is 3. The third-order valence-corrected chi connectivity index (χ3v) is 4.21. The van der Waals surface area contributed by atoms with Crippen molar-refractivity contribution in [1.29, 1.82) is 0 Å². The van der Waals surface area contributed by atoms with E-state index in [0.717, 1.165) is 18.1 Å². The van der Waals surface area contributed by atoms with E-state index in [9.17, 15) is 0 Å². The van der Waals surface area contributed by atoms with Crippen LogP contribution >= 0.6 is 0 Å². The Bertz CT molecular complexity index is 185. The van der Waals surface area contributed by atoms with Gasteiger partial charge in [-0.2, -0.15) is 0 Å². The van der Waals surface area contributed by atoms with Gasteiger partial charge in [-0.05, 0) is 46.2 Å². The van der Waals surface area contributed by atoms with E-state index >= 15 is 0 Å². The van der Waals surface area contributed by atoms with Crippen LogP contribution in [0, 0.1) is 0 Å². The Kier molecular flexibility index (Phi) is 4.04. The Morgan fingerprint density at radius 3 is 2.20 bits per heavy atom. The van der Waals surface area contributed by atoms with E-state index in [1.54, 1.807) is 0 Å². The topological polar surface area (TPSA) is 15.3 Å². The molecule has 15 heavy (non-hydrogen) atoms. The molecular formula is C13H26N2. The largest absolute Gasteiger partial charge is 0.311 e. The van der Waals surface area contributed by atoms with Crippen LogP contribution in [0.4, 0.5) is 0 Å². The number of nitrogens with zero attached hydrogens (tertiary/aromatic N) is 1. The van der Waals surface area contributed by atoms with Crippen LogP contribution in [0.25, 0.3) is 0 Å². The van der Waals surface area contributed by atoms with Crippen molar-refractivity contribution in [2.75, 3.05) is 14.1 Å². The molecule has 2 aliphatic carbocycles. The minimum absolute atomic E-state index is 0.806. The normalized spacial score (nSPS) is 33.8. The highest BCUT2D eigenvalue weighted by Gasteiger charge is 2.27. The zero-order chi connectivity index (χ0) is 10.7. The lowest BCUT2D eigenvalue weighted by atomic mass is 9.95. The molecule has 0 spiro atoms. The van der Waals surface area contributed by atoms with Gasteiger partial charge in [-0.1, -0.05) is 19.3 Å². The van der Waals surface area contributed by atoms with E-state index in [0.29, 0.717) is 0 Å². The van der Waals surface area contributed by atoms with Crippen LogP contribution in [-0.4, -0.2) is 37.1 Å². The molecule has 2 atom stereocenters. The van der Waals surface area contributed by atoms with Gasteiger partial charge in [0.2, 0.25) is 0 Å². The number of hydrogen-bond acceptors (Lipinski definition) is 2. The summed E-state index contributed by atoms with van der Waals surface area (Å²) in [6.07, 6.45) is 11.3. The molecule has 0 heterocycles. The number of hydrogen-bond donors (Lipinski definition) is 1. The molecule has 1 N–H and O–H groups in total. The van der Waals surface area contributed by atoms with Crippen LogP contribution in [0.15, 0.2) is 0 Å². The van der Waals surface area contributed by atoms with Crippen molar-refractivity contribution in [3.05, 3.63) is 0 Å². The lowest BCUT2D eigenvalue weighted by molar-refractivity contribution is 0.283. The summed E-state index contributed by atoms with van der Waals surface area (Å²) in [5.74, 6) is 0. The molecule has 0 aliphatic heterocycles. The summed E-state index contributed by atoms with van der Waals surface area (Å²) in [4.78, 5) is 2.39. The first-order chi connectivity index (χ1) is 7.25. The molecule has 2 aliphatic rings. The molecule has 2 unspecified atom stereocenters. The van der Waals surface area contributed by atoms with Gasteiger partial charge in [-0.3, -0.25) is 0 Å². The highest BCUT2D eigenvalue weighted by Crippen LogP contribution is 2.25. The van der Waals surface area contributed by atoms with E-state index in [2.05, 4.69) is 24.3 Å². The van der Waals surface area contributed by atoms with Crippen molar-refractivity contribution in [3.8, 4) is 0 Å². The van der Waals surface area contributed by atoms with Gasteiger partial charge in [0, 0.05) is 18.1 Å². The molecule has 0 aromatic rings. The SMILES string of the molecule is CN(C)C1CCC(NC2CCCCC2)C1. The Morgan fingerprint density at radius 1 is 0.867 bits per heavy atom. The average Bonchev–Trinajstić information content (AvgIpc) is 2.68. The van der Waals surface area contributed by atoms with Gasteiger partial charge in [-0.25, -0.2) is 0 Å². The Balaban J connectivity index is 1.71. The Morgan fingerprint density at radius 2 is 1.60 bits per heavy atom. The zero-order valence-corrected chi connectivity index (χ0v) is 10.3. The zero-order valence-electron chi connectivity index (χ0n) is 10.3. The van der Waals surface area contributed by atoms with E-state index in [-0.39, 0.29) is 0 Å². The fourth-order valence-electron chi connectivity index (χ4n) is 3.18. The summed E-state index contributed by atoms with van der Waals surface area (Å²) in [7, 11) is 4.43. The molecule has 2 rings (SSSR count). The van der Waals surface area contributed by atoms with Crippen molar-refractivity contribution in [2.45, 2.75) is 69.5 Å². The van der Waals surface area contributed by atoms with Crippen molar-refractivity contribution in [1.82, 2.24) is 10.2 Å². The van der Waals surface area contributed by atoms with Gasteiger partial charge < -0.3 is 10.2 Å². The predicted octanol–water partition coefficient (Wildman–Crippen LogP) is 2.39. The second kappa shape index (κ2) is 5.31. The monoisotopic (exact) mass is 210 g/mol. The Hall–Kier alpha value is -0.0800. The van der Waals surface area contributed by atoms with E-state index < -0.39 is 0 Å². The van der Waals surface area contributed by atoms with Crippen molar-refractivity contribution < 1.29 is 0 Å². The minimum Gasteiger partial charge on any atom is -0.311 e. The molecule has 88 valence electrons. The second-order valence-electron chi connectivity index (χ2n) is 5.63. The maximum atomic E-state index is 3.88. The standard InChI is InChI=1S/C13H26N2/c1-15(2)13-9-8-12(10-13)14-11-6-4-3-5-7-11/h11-14H,3-10H2,1-2H3. The molecule has 0 bridgehead atoms. The molecule has 0 amide bonds. The van der Waals surface area contributed by atoms with Crippen LogP contribution in [0.1, 0.15) is 51.4 Å². The summed E-state index contributed by atoms with van der Waals surface area (Å²) in [6.45, 7) is 0. The summed E-state index contributed by atoms with van der Waals surface area (Å²) in [5, 5.41) is 3.88. The van der Waals surface area contributed by atoms with Gasteiger partial charge >= 0.3 is 0 Å². The summed E-state index contributed by atoms with van der Waals surface area (Å²) < 4.78 is 0. The van der Waals surface area contributed by atoms with Crippen LogP contribution in [0.2, 0.25) is 0 Å². The van der Waals surface area contributed by atoms with Crippen LogP contribution in [0.3, 0.4) is 0 Å². The fourth-order valence-corrected chi connectivity index (χ4v) is 3.18.